The first-order valence-electron chi connectivity index (χ1n) is 5.00. The molecule has 98 valence electrons. The van der Waals surface area contributed by atoms with Crippen LogP contribution in [0.3, 0.4) is 0 Å². The van der Waals surface area contributed by atoms with E-state index in [1.165, 1.54) is 12.0 Å². The molecule has 1 aromatic heterocycles. The van der Waals surface area contributed by atoms with Crippen LogP contribution in [-0.4, -0.2) is 30.7 Å². The lowest BCUT2D eigenvalue weighted by Gasteiger charge is -2.24. The summed E-state index contributed by atoms with van der Waals surface area (Å²) in [5, 5.41) is 0.323. The highest BCUT2D eigenvalue weighted by Crippen LogP contribution is 2.39. The summed E-state index contributed by atoms with van der Waals surface area (Å²) < 4.78 is 46.1. The van der Waals surface area contributed by atoms with Gasteiger partial charge in [-0.2, -0.15) is 17.5 Å². The van der Waals surface area contributed by atoms with Gasteiger partial charge in [-0.25, -0.2) is 0 Å². The van der Waals surface area contributed by atoms with Gasteiger partial charge in [0.1, 0.15) is 6.54 Å². The Morgan fingerprint density at radius 1 is 1.47 bits per heavy atom. The zero-order valence-corrected chi connectivity index (χ0v) is 10.4. The standard InChI is InChI=1S/C9H14F3N3OS/c1-3-4-15(5-9(10,11)12)8-6(16-2)7(13)14-17-8/h3-5H2,1-2H3,(H2,13,14). The third kappa shape index (κ3) is 3.65. The van der Waals surface area contributed by atoms with Crippen molar-refractivity contribution < 1.29 is 17.9 Å². The summed E-state index contributed by atoms with van der Waals surface area (Å²) >= 11 is 0.915. The highest BCUT2D eigenvalue weighted by atomic mass is 32.1. The number of hydrogen-bond donors (Lipinski definition) is 1. The minimum Gasteiger partial charge on any atom is -0.490 e. The lowest BCUT2D eigenvalue weighted by molar-refractivity contribution is -0.119. The normalized spacial score (nSPS) is 11.6. The first-order valence-corrected chi connectivity index (χ1v) is 5.77. The van der Waals surface area contributed by atoms with Gasteiger partial charge in [0.2, 0.25) is 0 Å². The van der Waals surface area contributed by atoms with E-state index in [4.69, 9.17) is 10.5 Å². The molecule has 0 saturated carbocycles. The second-order valence-electron chi connectivity index (χ2n) is 3.44. The summed E-state index contributed by atoms with van der Waals surface area (Å²) in [5.41, 5.74) is 5.52. The number of ether oxygens (including phenoxy) is 1. The van der Waals surface area contributed by atoms with Crippen LogP contribution in [-0.2, 0) is 0 Å². The predicted octanol–water partition coefficient (Wildman–Crippen LogP) is 2.51. The number of hydrogen-bond acceptors (Lipinski definition) is 5. The second-order valence-corrected chi connectivity index (χ2v) is 4.19. The van der Waals surface area contributed by atoms with E-state index in [-0.39, 0.29) is 18.1 Å². The van der Waals surface area contributed by atoms with Crippen molar-refractivity contribution in [3.63, 3.8) is 0 Å². The van der Waals surface area contributed by atoms with Crippen molar-refractivity contribution in [1.29, 1.82) is 0 Å². The first-order chi connectivity index (χ1) is 7.89. The van der Waals surface area contributed by atoms with Gasteiger partial charge in [0, 0.05) is 6.54 Å². The van der Waals surface area contributed by atoms with Crippen molar-refractivity contribution in [3.05, 3.63) is 0 Å². The smallest absolute Gasteiger partial charge is 0.405 e. The predicted molar refractivity (Wildman–Crippen MR) is 61.6 cm³/mol. The second kappa shape index (κ2) is 5.44. The number of nitrogens with zero attached hydrogens (tertiary/aromatic N) is 2. The number of nitrogen functional groups attached to an aromatic ring is 1. The summed E-state index contributed by atoms with van der Waals surface area (Å²) in [4.78, 5) is 1.19. The summed E-state index contributed by atoms with van der Waals surface area (Å²) in [6.45, 7) is 1.05. The minimum absolute atomic E-state index is 0.121. The Labute approximate surface area is 101 Å². The molecule has 17 heavy (non-hydrogen) atoms. The van der Waals surface area contributed by atoms with Gasteiger partial charge in [-0.1, -0.05) is 6.92 Å². The molecule has 0 spiro atoms. The van der Waals surface area contributed by atoms with Gasteiger partial charge >= 0.3 is 6.18 Å². The van der Waals surface area contributed by atoms with Crippen molar-refractivity contribution >= 4 is 22.4 Å². The number of rotatable bonds is 5. The molecule has 0 radical (unpaired) electrons. The van der Waals surface area contributed by atoms with Crippen LogP contribution in [0.1, 0.15) is 13.3 Å². The molecule has 0 amide bonds. The zero-order chi connectivity index (χ0) is 13.1. The van der Waals surface area contributed by atoms with Crippen molar-refractivity contribution in [2.45, 2.75) is 19.5 Å². The highest BCUT2D eigenvalue weighted by molar-refractivity contribution is 7.11. The maximum Gasteiger partial charge on any atom is 0.405 e. The molecule has 0 saturated heterocycles. The molecule has 0 aliphatic carbocycles. The number of alkyl halides is 3. The molecule has 1 heterocycles. The summed E-state index contributed by atoms with van der Waals surface area (Å²) in [6.07, 6.45) is -3.67. The Kier molecular flexibility index (Phi) is 4.44. The fourth-order valence-electron chi connectivity index (χ4n) is 1.42. The minimum atomic E-state index is -4.26. The molecule has 0 fully saturated rings. The maximum absolute atomic E-state index is 12.4. The monoisotopic (exact) mass is 269 g/mol. The number of halogens is 3. The largest absolute Gasteiger partial charge is 0.490 e. The van der Waals surface area contributed by atoms with E-state index in [9.17, 15) is 13.2 Å². The van der Waals surface area contributed by atoms with Crippen LogP contribution in [0.5, 0.6) is 5.75 Å². The summed E-state index contributed by atoms with van der Waals surface area (Å²) in [5.74, 6) is 0.337. The molecular formula is C9H14F3N3OS. The highest BCUT2D eigenvalue weighted by Gasteiger charge is 2.32. The number of anilines is 2. The fourth-order valence-corrected chi connectivity index (χ4v) is 2.23. The third-order valence-corrected chi connectivity index (χ3v) is 2.92. The molecule has 1 aromatic rings. The van der Waals surface area contributed by atoms with Gasteiger partial charge in [-0.05, 0) is 18.0 Å². The van der Waals surface area contributed by atoms with Crippen LogP contribution in [0.15, 0.2) is 0 Å². The van der Waals surface area contributed by atoms with Crippen LogP contribution in [0.2, 0.25) is 0 Å². The molecule has 8 heteroatoms. The van der Waals surface area contributed by atoms with Gasteiger partial charge in [-0.15, -0.1) is 0 Å². The number of methoxy groups -OCH3 is 1. The van der Waals surface area contributed by atoms with Gasteiger partial charge in [-0.3, -0.25) is 0 Å². The van der Waals surface area contributed by atoms with Crippen LogP contribution in [0.25, 0.3) is 0 Å². The maximum atomic E-state index is 12.4. The molecule has 0 atom stereocenters. The van der Waals surface area contributed by atoms with Gasteiger partial charge in [0.05, 0.1) is 7.11 Å². The van der Waals surface area contributed by atoms with E-state index in [1.54, 1.807) is 6.92 Å². The van der Waals surface area contributed by atoms with E-state index in [1.807, 2.05) is 0 Å². The Hall–Kier alpha value is -1.18. The molecule has 0 aromatic carbocycles. The van der Waals surface area contributed by atoms with Gasteiger partial charge in [0.15, 0.2) is 16.6 Å². The van der Waals surface area contributed by atoms with E-state index in [2.05, 4.69) is 4.37 Å². The Morgan fingerprint density at radius 3 is 2.59 bits per heavy atom. The summed E-state index contributed by atoms with van der Waals surface area (Å²) in [7, 11) is 1.36. The fraction of sp³-hybridized carbons (Fsp3) is 0.667. The van der Waals surface area contributed by atoms with Crippen LogP contribution in [0, 0.1) is 0 Å². The molecule has 1 rings (SSSR count). The Morgan fingerprint density at radius 2 is 2.12 bits per heavy atom. The average molecular weight is 269 g/mol. The van der Waals surface area contributed by atoms with E-state index in [0.717, 1.165) is 11.5 Å². The van der Waals surface area contributed by atoms with Crippen molar-refractivity contribution in [2.75, 3.05) is 30.8 Å². The third-order valence-electron chi connectivity index (χ3n) is 2.01. The lowest BCUT2D eigenvalue weighted by Crippen LogP contribution is -2.34. The van der Waals surface area contributed by atoms with Gasteiger partial charge in [0.25, 0.3) is 0 Å². The lowest BCUT2D eigenvalue weighted by atomic mass is 10.4. The van der Waals surface area contributed by atoms with Crippen LogP contribution >= 0.6 is 11.5 Å². The molecular weight excluding hydrogens is 255 g/mol. The zero-order valence-electron chi connectivity index (χ0n) is 9.54. The van der Waals surface area contributed by atoms with Crippen LogP contribution in [0.4, 0.5) is 24.0 Å². The number of aromatic nitrogens is 1. The van der Waals surface area contributed by atoms with Crippen LogP contribution < -0.4 is 15.4 Å². The van der Waals surface area contributed by atoms with Crippen molar-refractivity contribution in [1.82, 2.24) is 4.37 Å². The van der Waals surface area contributed by atoms with E-state index < -0.39 is 12.7 Å². The molecule has 0 unspecified atom stereocenters. The van der Waals surface area contributed by atoms with E-state index in [0.29, 0.717) is 11.4 Å². The van der Waals surface area contributed by atoms with Crippen molar-refractivity contribution in [2.24, 2.45) is 0 Å². The van der Waals surface area contributed by atoms with Crippen molar-refractivity contribution in [3.8, 4) is 5.75 Å². The quantitative estimate of drug-likeness (QED) is 0.892. The molecule has 2 N–H and O–H groups in total. The number of nitrogens with two attached hydrogens (primary N) is 1. The molecule has 0 aliphatic heterocycles. The van der Waals surface area contributed by atoms with E-state index >= 15 is 0 Å². The topological polar surface area (TPSA) is 51.4 Å². The van der Waals surface area contributed by atoms with Gasteiger partial charge < -0.3 is 15.4 Å². The Bertz CT molecular complexity index is 367. The molecule has 0 bridgehead atoms. The average Bonchev–Trinajstić information content (AvgIpc) is 2.56. The Balaban J connectivity index is 2.96. The molecule has 0 aliphatic rings. The first kappa shape index (κ1) is 13.9. The molecule has 4 nitrogen and oxygen atoms in total. The summed E-state index contributed by atoms with van der Waals surface area (Å²) in [6, 6.07) is 0. The SMILES string of the molecule is CCCN(CC(F)(F)F)c1snc(N)c1OC.